The van der Waals surface area contributed by atoms with Gasteiger partial charge >= 0.3 is 5.97 Å². The summed E-state index contributed by atoms with van der Waals surface area (Å²) >= 11 is 0. The molecule has 3 aromatic rings. The van der Waals surface area contributed by atoms with Crippen LogP contribution in [0.4, 0.5) is 0 Å². The van der Waals surface area contributed by atoms with Crippen LogP contribution in [0.5, 0.6) is 17.2 Å². The maximum absolute atomic E-state index is 13.7. The number of hydrogen-bond acceptors (Lipinski definition) is 6. The smallest absolute Gasteiger partial charge is 0.339 e. The molecule has 0 bridgehead atoms. The average Bonchev–Trinajstić information content (AvgIpc) is 2.89. The largest absolute Gasteiger partial charge is 0.507 e. The zero-order valence-electron chi connectivity index (χ0n) is 22.5. The van der Waals surface area contributed by atoms with Crippen LogP contribution in [0.3, 0.4) is 0 Å². The van der Waals surface area contributed by atoms with E-state index >= 15 is 0 Å². The van der Waals surface area contributed by atoms with Crippen LogP contribution in [0.1, 0.15) is 70.5 Å². The minimum atomic E-state index is -0.678. The fourth-order valence-electron chi connectivity index (χ4n) is 4.89. The van der Waals surface area contributed by atoms with Crippen molar-refractivity contribution in [1.82, 2.24) is 0 Å². The fourth-order valence-corrected chi connectivity index (χ4v) is 4.89. The second-order valence-corrected chi connectivity index (χ2v) is 9.21. The van der Waals surface area contributed by atoms with Gasteiger partial charge in [-0.25, -0.2) is 4.79 Å². The molecule has 0 aliphatic carbocycles. The third-order valence-electron chi connectivity index (χ3n) is 7.37. The number of ether oxygens (including phenoxy) is 3. The van der Waals surface area contributed by atoms with Crippen LogP contribution < -0.4 is 9.47 Å². The van der Waals surface area contributed by atoms with Gasteiger partial charge in [-0.15, -0.1) is 0 Å². The Morgan fingerprint density at radius 3 is 2.08 bits per heavy atom. The van der Waals surface area contributed by atoms with E-state index < -0.39 is 5.97 Å². The van der Waals surface area contributed by atoms with Crippen molar-refractivity contribution in [3.8, 4) is 28.4 Å². The van der Waals surface area contributed by atoms with E-state index in [0.29, 0.717) is 33.4 Å². The van der Waals surface area contributed by atoms with Crippen molar-refractivity contribution in [3.63, 3.8) is 0 Å². The van der Waals surface area contributed by atoms with Gasteiger partial charge in [-0.3, -0.25) is 4.79 Å². The summed E-state index contributed by atoms with van der Waals surface area (Å²) in [6.07, 6.45) is 1.87. The normalized spacial score (nSPS) is 11.1. The Kier molecular flexibility index (Phi) is 8.28. The highest BCUT2D eigenvalue weighted by molar-refractivity contribution is 6.20. The topological polar surface area (TPSA) is 82.1 Å². The molecule has 0 amide bonds. The number of hydrogen-bond donors (Lipinski definition) is 1. The van der Waals surface area contributed by atoms with Crippen LogP contribution in [0.2, 0.25) is 0 Å². The number of rotatable bonds is 9. The van der Waals surface area contributed by atoms with Crippen LogP contribution >= 0.6 is 0 Å². The molecule has 0 spiro atoms. The first-order chi connectivity index (χ1) is 17.1. The van der Waals surface area contributed by atoms with Crippen molar-refractivity contribution < 1.29 is 28.9 Å². The van der Waals surface area contributed by atoms with Gasteiger partial charge in [0.05, 0.1) is 32.5 Å². The first-order valence-corrected chi connectivity index (χ1v) is 12.3. The lowest BCUT2D eigenvalue weighted by atomic mass is 9.82. The zero-order chi connectivity index (χ0) is 26.7. The number of aromatic hydroxyl groups is 1. The molecule has 0 aromatic heterocycles. The molecule has 0 atom stereocenters. The lowest BCUT2D eigenvalue weighted by Gasteiger charge is -2.22. The fraction of sp³-hybridized carbons (Fsp3) is 0.400. The highest BCUT2D eigenvalue weighted by Gasteiger charge is 2.31. The standard InChI is InChI=1S/C30H36O6/c1-9-19(10-2)14-22(31)27-28(30(33)36-8)26(20-11-12-23(34-6)24(15-20)35-7)25-18(5)17(4)16(3)13-21(25)29(27)32/h11-13,15,19,32H,9-10,14H2,1-8H3. The van der Waals surface area contributed by atoms with E-state index in [0.717, 1.165) is 29.5 Å². The number of ketones is 1. The molecule has 3 aromatic carbocycles. The van der Waals surface area contributed by atoms with Crippen molar-refractivity contribution in [2.45, 2.75) is 53.9 Å². The van der Waals surface area contributed by atoms with E-state index in [9.17, 15) is 14.7 Å². The molecule has 6 nitrogen and oxygen atoms in total. The Balaban J connectivity index is 2.57. The highest BCUT2D eigenvalue weighted by Crippen LogP contribution is 2.46. The monoisotopic (exact) mass is 492 g/mol. The molecule has 0 heterocycles. The maximum Gasteiger partial charge on any atom is 0.339 e. The van der Waals surface area contributed by atoms with E-state index in [1.807, 2.05) is 46.8 Å². The zero-order valence-corrected chi connectivity index (χ0v) is 22.5. The van der Waals surface area contributed by atoms with Gasteiger partial charge in [0, 0.05) is 17.4 Å². The van der Waals surface area contributed by atoms with Crippen LogP contribution in [0, 0.1) is 26.7 Å². The quantitative estimate of drug-likeness (QED) is 0.257. The van der Waals surface area contributed by atoms with E-state index in [-0.39, 0.29) is 35.0 Å². The summed E-state index contributed by atoms with van der Waals surface area (Å²) in [5, 5.41) is 12.7. The molecule has 3 rings (SSSR count). The number of aryl methyl sites for hydroxylation is 2. The number of methoxy groups -OCH3 is 3. The number of phenols is 1. The number of fused-ring (bicyclic) bond motifs is 1. The Hall–Kier alpha value is -3.54. The summed E-state index contributed by atoms with van der Waals surface area (Å²) in [7, 11) is 4.38. The van der Waals surface area contributed by atoms with Gasteiger partial charge in [-0.1, -0.05) is 32.8 Å². The van der Waals surface area contributed by atoms with Gasteiger partial charge in [0.25, 0.3) is 0 Å². The molecule has 0 fully saturated rings. The number of esters is 1. The predicted molar refractivity (Wildman–Crippen MR) is 143 cm³/mol. The Morgan fingerprint density at radius 2 is 1.53 bits per heavy atom. The highest BCUT2D eigenvalue weighted by atomic mass is 16.5. The molecule has 0 radical (unpaired) electrons. The molecular formula is C30H36O6. The number of carbonyl (C=O) groups is 2. The maximum atomic E-state index is 13.7. The van der Waals surface area contributed by atoms with Crippen molar-refractivity contribution in [3.05, 3.63) is 52.1 Å². The number of benzene rings is 3. The van der Waals surface area contributed by atoms with Crippen molar-refractivity contribution in [2.24, 2.45) is 5.92 Å². The predicted octanol–water partition coefficient (Wildman–Crippen LogP) is 6.95. The molecular weight excluding hydrogens is 456 g/mol. The summed E-state index contributed by atoms with van der Waals surface area (Å²) < 4.78 is 16.1. The minimum Gasteiger partial charge on any atom is -0.507 e. The Morgan fingerprint density at radius 1 is 0.889 bits per heavy atom. The summed E-state index contributed by atoms with van der Waals surface area (Å²) in [5.41, 5.74) is 4.19. The van der Waals surface area contributed by atoms with E-state index in [1.54, 1.807) is 26.4 Å². The van der Waals surface area contributed by atoms with E-state index in [2.05, 4.69) is 0 Å². The third-order valence-corrected chi connectivity index (χ3v) is 7.37. The second-order valence-electron chi connectivity index (χ2n) is 9.21. The van der Waals surface area contributed by atoms with Crippen molar-refractivity contribution in [1.29, 1.82) is 0 Å². The molecule has 0 unspecified atom stereocenters. The van der Waals surface area contributed by atoms with Gasteiger partial charge in [0.1, 0.15) is 5.75 Å². The Bertz CT molecular complexity index is 1320. The number of Topliss-reactive ketones (excluding diaryl/α,β-unsaturated/α-hetero) is 1. The van der Waals surface area contributed by atoms with Gasteiger partial charge < -0.3 is 19.3 Å². The lowest BCUT2D eigenvalue weighted by Crippen LogP contribution is -2.16. The average molecular weight is 493 g/mol. The Labute approximate surface area is 213 Å². The first-order valence-electron chi connectivity index (χ1n) is 12.3. The van der Waals surface area contributed by atoms with Crippen LogP contribution in [0.25, 0.3) is 21.9 Å². The number of carbonyl (C=O) groups excluding carboxylic acids is 2. The molecule has 0 aliphatic rings. The minimum absolute atomic E-state index is 0.00804. The van der Waals surface area contributed by atoms with Gasteiger partial charge in [0.15, 0.2) is 17.3 Å². The first kappa shape index (κ1) is 27.1. The van der Waals surface area contributed by atoms with Gasteiger partial charge in [-0.05, 0) is 72.5 Å². The molecule has 6 heteroatoms. The third kappa shape index (κ3) is 4.64. The second kappa shape index (κ2) is 11.0. The summed E-state index contributed by atoms with van der Waals surface area (Å²) in [6.45, 7) is 10.0. The van der Waals surface area contributed by atoms with E-state index in [4.69, 9.17) is 14.2 Å². The molecule has 0 saturated carbocycles. The van der Waals surface area contributed by atoms with Crippen molar-refractivity contribution >= 4 is 22.5 Å². The van der Waals surface area contributed by atoms with Crippen LogP contribution in [-0.2, 0) is 4.74 Å². The SMILES string of the molecule is CCC(CC)CC(=O)c1c(C(=O)OC)c(-c2ccc(OC)c(OC)c2)c2c(C)c(C)c(C)cc2c1O. The van der Waals surface area contributed by atoms with Gasteiger partial charge in [-0.2, -0.15) is 0 Å². The summed E-state index contributed by atoms with van der Waals surface area (Å²) in [5.74, 6) is 0.0284. The lowest BCUT2D eigenvalue weighted by molar-refractivity contribution is 0.0597. The molecule has 192 valence electrons. The van der Waals surface area contributed by atoms with Gasteiger partial charge in [0.2, 0.25) is 0 Å². The van der Waals surface area contributed by atoms with E-state index in [1.165, 1.54) is 7.11 Å². The molecule has 1 N–H and O–H groups in total. The molecule has 0 aliphatic heterocycles. The summed E-state index contributed by atoms with van der Waals surface area (Å²) in [6, 6.07) is 7.24. The number of phenolic OH excluding ortho intramolecular Hbond substituents is 1. The van der Waals surface area contributed by atoms with Crippen LogP contribution in [-0.4, -0.2) is 38.2 Å². The molecule has 36 heavy (non-hydrogen) atoms. The summed E-state index contributed by atoms with van der Waals surface area (Å²) in [4.78, 5) is 27.1. The molecule has 0 saturated heterocycles. The van der Waals surface area contributed by atoms with Crippen LogP contribution in [0.15, 0.2) is 24.3 Å². The van der Waals surface area contributed by atoms with Crippen molar-refractivity contribution in [2.75, 3.05) is 21.3 Å².